The van der Waals surface area contributed by atoms with Crippen LogP contribution in [0.25, 0.3) is 0 Å². The molecule has 0 aromatic carbocycles. The van der Waals surface area contributed by atoms with Crippen LogP contribution in [0.3, 0.4) is 0 Å². The Morgan fingerprint density at radius 1 is 1.18 bits per heavy atom. The van der Waals surface area contributed by atoms with E-state index in [4.69, 9.17) is 5.10 Å². The van der Waals surface area contributed by atoms with Crippen LogP contribution in [0.15, 0.2) is 6.07 Å². The summed E-state index contributed by atoms with van der Waals surface area (Å²) in [5.74, 6) is 5.58. The van der Waals surface area contributed by atoms with Gasteiger partial charge in [0.25, 0.3) is 0 Å². The zero-order valence-corrected chi connectivity index (χ0v) is 14.6. The van der Waals surface area contributed by atoms with Gasteiger partial charge in [-0.2, -0.15) is 28.6 Å². The quantitative estimate of drug-likeness (QED) is 0.916. The number of thioether (sulfide) groups is 2. The number of hydrogen-bond acceptors (Lipinski definition) is 5. The van der Waals surface area contributed by atoms with E-state index in [2.05, 4.69) is 39.2 Å². The molecule has 0 radical (unpaired) electrons. The lowest BCUT2D eigenvalue weighted by Crippen LogP contribution is -2.38. The van der Waals surface area contributed by atoms with Crippen LogP contribution < -0.4 is 0 Å². The van der Waals surface area contributed by atoms with Gasteiger partial charge in [0, 0.05) is 48.7 Å². The van der Waals surface area contributed by atoms with Gasteiger partial charge in [-0.05, 0) is 31.2 Å². The number of aliphatic hydroxyl groups excluding tert-OH is 1. The van der Waals surface area contributed by atoms with Crippen molar-refractivity contribution in [2.75, 3.05) is 29.6 Å². The van der Waals surface area contributed by atoms with E-state index in [0.717, 1.165) is 31.6 Å². The minimum atomic E-state index is -0.336. The highest BCUT2D eigenvalue weighted by atomic mass is 32.2. The Kier molecular flexibility index (Phi) is 4.72. The Balaban J connectivity index is 1.49. The van der Waals surface area contributed by atoms with E-state index in [-0.39, 0.29) is 6.10 Å². The van der Waals surface area contributed by atoms with Crippen LogP contribution in [-0.2, 0) is 13.1 Å². The molecule has 4 nitrogen and oxygen atoms in total. The molecule has 2 fully saturated rings. The molecule has 1 aromatic rings. The Morgan fingerprint density at radius 2 is 1.95 bits per heavy atom. The average Bonchev–Trinajstić information content (AvgIpc) is 3.33. The van der Waals surface area contributed by atoms with E-state index in [1.165, 1.54) is 41.7 Å². The first-order valence-corrected chi connectivity index (χ1v) is 10.8. The van der Waals surface area contributed by atoms with Crippen molar-refractivity contribution < 1.29 is 5.11 Å². The van der Waals surface area contributed by atoms with E-state index in [1.807, 2.05) is 0 Å². The van der Waals surface area contributed by atoms with Gasteiger partial charge in [0.15, 0.2) is 0 Å². The van der Waals surface area contributed by atoms with Crippen LogP contribution in [0.1, 0.15) is 36.8 Å². The number of fused-ring (bicyclic) bond motifs is 1. The minimum Gasteiger partial charge on any atom is -0.386 e. The van der Waals surface area contributed by atoms with Gasteiger partial charge in [-0.15, -0.1) is 0 Å². The number of aryl methyl sites for hydroxylation is 1. The molecule has 3 aliphatic rings. The Bertz CT molecular complexity index is 509. The third kappa shape index (κ3) is 3.35. The van der Waals surface area contributed by atoms with Gasteiger partial charge in [-0.1, -0.05) is 0 Å². The first kappa shape index (κ1) is 15.4. The molecule has 2 aliphatic heterocycles. The largest absolute Gasteiger partial charge is 0.386 e. The van der Waals surface area contributed by atoms with Crippen molar-refractivity contribution in [1.29, 1.82) is 0 Å². The van der Waals surface area contributed by atoms with Crippen LogP contribution in [0, 0.1) is 5.92 Å². The molecule has 1 aliphatic carbocycles. The van der Waals surface area contributed by atoms with Crippen LogP contribution >= 0.6 is 23.5 Å². The monoisotopic (exact) mass is 339 g/mol. The molecule has 1 saturated heterocycles. The fourth-order valence-electron chi connectivity index (χ4n) is 3.43. The third-order valence-corrected chi connectivity index (χ3v) is 7.43. The van der Waals surface area contributed by atoms with Crippen molar-refractivity contribution in [2.24, 2.45) is 5.92 Å². The molecule has 122 valence electrons. The van der Waals surface area contributed by atoms with Crippen LogP contribution in [0.2, 0.25) is 0 Å². The maximum Gasteiger partial charge on any atom is 0.101 e. The molecular formula is C16H25N3OS2. The fraction of sp³-hybridized carbons (Fsp3) is 0.812. The predicted octanol–water partition coefficient (Wildman–Crippen LogP) is 2.38. The minimum absolute atomic E-state index is 0.336. The second-order valence-corrected chi connectivity index (χ2v) is 8.99. The van der Waals surface area contributed by atoms with Crippen molar-refractivity contribution in [3.63, 3.8) is 0 Å². The lowest BCUT2D eigenvalue weighted by molar-refractivity contribution is 0.148. The molecule has 22 heavy (non-hydrogen) atoms. The third-order valence-electron chi connectivity index (χ3n) is 4.94. The molecule has 4 rings (SSSR count). The standard InChI is InChI=1S/C16H25N3OS2/c20-16(12-2-3-12)15-8-13-9-18(4-1-5-19(13)17-15)14-10-21-6-7-22-11-14/h8,12,14,16,20H,1-7,9-11H2. The van der Waals surface area contributed by atoms with Gasteiger partial charge in [0.1, 0.15) is 6.10 Å². The molecule has 1 aromatic heterocycles. The van der Waals surface area contributed by atoms with Crippen molar-refractivity contribution in [3.8, 4) is 0 Å². The van der Waals surface area contributed by atoms with Crippen LogP contribution in [-0.4, -0.2) is 55.4 Å². The number of aromatic nitrogens is 2. The highest BCUT2D eigenvalue weighted by molar-refractivity contribution is 8.03. The van der Waals surface area contributed by atoms with E-state index >= 15 is 0 Å². The predicted molar refractivity (Wildman–Crippen MR) is 93.4 cm³/mol. The number of nitrogens with zero attached hydrogens (tertiary/aromatic N) is 3. The van der Waals surface area contributed by atoms with E-state index in [9.17, 15) is 5.11 Å². The average molecular weight is 340 g/mol. The molecular weight excluding hydrogens is 314 g/mol. The van der Waals surface area contributed by atoms with Crippen molar-refractivity contribution in [3.05, 3.63) is 17.5 Å². The summed E-state index contributed by atoms with van der Waals surface area (Å²) in [5.41, 5.74) is 2.20. The highest BCUT2D eigenvalue weighted by Gasteiger charge is 2.33. The topological polar surface area (TPSA) is 41.3 Å². The smallest absolute Gasteiger partial charge is 0.101 e. The van der Waals surface area contributed by atoms with Gasteiger partial charge < -0.3 is 5.11 Å². The summed E-state index contributed by atoms with van der Waals surface area (Å²) in [7, 11) is 0. The highest BCUT2D eigenvalue weighted by Crippen LogP contribution is 2.40. The van der Waals surface area contributed by atoms with E-state index in [1.54, 1.807) is 0 Å². The van der Waals surface area contributed by atoms with Gasteiger partial charge in [0.05, 0.1) is 11.4 Å². The summed E-state index contributed by atoms with van der Waals surface area (Å²) in [6.45, 7) is 3.17. The maximum absolute atomic E-state index is 10.3. The Morgan fingerprint density at radius 3 is 2.68 bits per heavy atom. The fourth-order valence-corrected chi connectivity index (χ4v) is 6.06. The summed E-state index contributed by atoms with van der Waals surface area (Å²) >= 11 is 4.21. The normalized spacial score (nSPS) is 26.2. The second kappa shape index (κ2) is 6.75. The van der Waals surface area contributed by atoms with Crippen molar-refractivity contribution in [2.45, 2.75) is 44.5 Å². The second-order valence-electron chi connectivity index (χ2n) is 6.69. The summed E-state index contributed by atoms with van der Waals surface area (Å²) in [6.07, 6.45) is 3.15. The molecule has 0 spiro atoms. The zero-order valence-electron chi connectivity index (χ0n) is 13.0. The van der Waals surface area contributed by atoms with Crippen LogP contribution in [0.4, 0.5) is 0 Å². The van der Waals surface area contributed by atoms with Gasteiger partial charge >= 0.3 is 0 Å². The molecule has 6 heteroatoms. The van der Waals surface area contributed by atoms with E-state index in [0.29, 0.717) is 12.0 Å². The Labute approximate surface area is 141 Å². The van der Waals surface area contributed by atoms with Crippen LogP contribution in [0.5, 0.6) is 0 Å². The maximum atomic E-state index is 10.3. The molecule has 0 amide bonds. The number of rotatable bonds is 3. The van der Waals surface area contributed by atoms with Gasteiger partial charge in [-0.3, -0.25) is 9.58 Å². The molecule has 1 N–H and O–H groups in total. The van der Waals surface area contributed by atoms with Gasteiger partial charge in [-0.25, -0.2) is 0 Å². The Hall–Kier alpha value is -0.170. The van der Waals surface area contributed by atoms with Crippen molar-refractivity contribution >= 4 is 23.5 Å². The summed E-state index contributed by atoms with van der Waals surface area (Å²) in [4.78, 5) is 2.65. The molecule has 1 unspecified atom stereocenters. The molecule has 0 bridgehead atoms. The summed E-state index contributed by atoms with van der Waals surface area (Å²) in [6, 6.07) is 2.86. The van der Waals surface area contributed by atoms with E-state index < -0.39 is 0 Å². The number of aliphatic hydroxyl groups is 1. The van der Waals surface area contributed by atoms with Crippen molar-refractivity contribution in [1.82, 2.24) is 14.7 Å². The molecule has 1 atom stereocenters. The first-order valence-electron chi connectivity index (χ1n) is 8.45. The molecule has 1 saturated carbocycles. The zero-order chi connectivity index (χ0) is 14.9. The first-order chi connectivity index (χ1) is 10.8. The van der Waals surface area contributed by atoms with Gasteiger partial charge in [0.2, 0.25) is 0 Å². The summed E-state index contributed by atoms with van der Waals surface area (Å²) < 4.78 is 2.15. The lowest BCUT2D eigenvalue weighted by atomic mass is 10.1. The lowest BCUT2D eigenvalue weighted by Gasteiger charge is -2.28. The SMILES string of the molecule is OC(c1cc2n(n1)CCCN(C1CSCCSC1)C2)C1CC1. The summed E-state index contributed by atoms with van der Waals surface area (Å²) in [5, 5.41) is 15.0. The molecule has 3 heterocycles. The number of hydrogen-bond donors (Lipinski definition) is 1.